The van der Waals surface area contributed by atoms with Crippen LogP contribution in [0.5, 0.6) is 0 Å². The number of aromatic nitrogens is 2. The summed E-state index contributed by atoms with van der Waals surface area (Å²) in [5, 5.41) is 8.30. The molecular weight excluding hydrogens is 404 g/mol. The molecule has 30 heavy (non-hydrogen) atoms. The Morgan fingerprint density at radius 1 is 1.23 bits per heavy atom. The van der Waals surface area contributed by atoms with E-state index in [0.717, 1.165) is 24.4 Å². The molecule has 1 fully saturated rings. The number of piperazine rings is 1. The molecule has 0 aliphatic carbocycles. The summed E-state index contributed by atoms with van der Waals surface area (Å²) in [5.41, 5.74) is 2.73. The number of rotatable bonds is 6. The van der Waals surface area contributed by atoms with Gasteiger partial charge in [-0.3, -0.25) is 4.99 Å². The maximum Gasteiger partial charge on any atom is 0.220 e. The van der Waals surface area contributed by atoms with Gasteiger partial charge in [0.2, 0.25) is 10.0 Å². The van der Waals surface area contributed by atoms with Gasteiger partial charge < -0.3 is 19.7 Å². The van der Waals surface area contributed by atoms with Crippen LogP contribution in [0.2, 0.25) is 0 Å². The van der Waals surface area contributed by atoms with E-state index >= 15 is 0 Å². The van der Waals surface area contributed by atoms with Crippen molar-refractivity contribution in [3.63, 3.8) is 0 Å². The maximum atomic E-state index is 12.6. The molecule has 2 aromatic heterocycles. The van der Waals surface area contributed by atoms with Crippen LogP contribution in [0.4, 0.5) is 0 Å². The molecule has 0 radical (unpaired) electrons. The van der Waals surface area contributed by atoms with E-state index in [2.05, 4.69) is 43.5 Å². The van der Waals surface area contributed by atoms with E-state index in [1.807, 2.05) is 12.1 Å². The summed E-state index contributed by atoms with van der Waals surface area (Å²) in [6.07, 6.45) is 2.23. The number of sulfonamides is 1. The summed E-state index contributed by atoms with van der Waals surface area (Å²) in [4.78, 5) is 9.88. The predicted octanol–water partition coefficient (Wildman–Crippen LogP) is 1.42. The van der Waals surface area contributed by atoms with Gasteiger partial charge in [0, 0.05) is 63.5 Å². The monoisotopic (exact) mass is 430 g/mol. The summed E-state index contributed by atoms with van der Waals surface area (Å²) in [6, 6.07) is 12.0. The Balaban J connectivity index is 1.27. The highest BCUT2D eigenvalue weighted by molar-refractivity contribution is 7.88. The second kappa shape index (κ2) is 8.88. The lowest BCUT2D eigenvalue weighted by molar-refractivity contribution is 0.260. The van der Waals surface area contributed by atoms with Gasteiger partial charge in [0.1, 0.15) is 12.0 Å². The molecular formula is C20H26N6O3S. The third kappa shape index (κ3) is 4.65. The molecule has 1 aliphatic rings. The normalized spacial score (nSPS) is 16.3. The summed E-state index contributed by atoms with van der Waals surface area (Å²) in [5.74, 6) is 0.653. The quantitative estimate of drug-likeness (QED) is 0.453. The number of nitrogens with one attached hydrogen (secondary N) is 2. The Bertz CT molecular complexity index is 1070. The zero-order valence-corrected chi connectivity index (χ0v) is 17.7. The Morgan fingerprint density at radius 2 is 2.03 bits per heavy atom. The molecule has 3 heterocycles. The number of H-pyrrole nitrogens is 1. The van der Waals surface area contributed by atoms with Gasteiger partial charge in [-0.2, -0.15) is 4.31 Å². The van der Waals surface area contributed by atoms with Crippen LogP contribution in [0.25, 0.3) is 10.9 Å². The van der Waals surface area contributed by atoms with Crippen LogP contribution in [0, 0.1) is 0 Å². The first-order valence-electron chi connectivity index (χ1n) is 9.94. The van der Waals surface area contributed by atoms with Crippen molar-refractivity contribution in [2.75, 3.05) is 39.8 Å². The third-order valence-electron chi connectivity index (χ3n) is 5.23. The molecule has 1 aliphatic heterocycles. The van der Waals surface area contributed by atoms with Crippen molar-refractivity contribution >= 4 is 26.9 Å². The van der Waals surface area contributed by atoms with Gasteiger partial charge in [0.25, 0.3) is 0 Å². The standard InChI is InChI=1S/C20H26N6O3S/c1-21-20(22-8-6-17-14-16-4-2-3-5-19(16)23-17)25-9-11-26(12-10-25)30(27,28)15-18-7-13-29-24-18/h2-5,7,13-14,23H,6,8-12,15H2,1H3,(H,21,22). The zero-order valence-electron chi connectivity index (χ0n) is 16.9. The minimum atomic E-state index is -3.41. The Morgan fingerprint density at radius 3 is 2.73 bits per heavy atom. The number of fused-ring (bicyclic) bond motifs is 1. The molecule has 0 amide bonds. The van der Waals surface area contributed by atoms with Crippen LogP contribution in [0.15, 0.2) is 52.2 Å². The number of hydrogen-bond acceptors (Lipinski definition) is 5. The molecule has 4 rings (SSSR count). The fourth-order valence-corrected chi connectivity index (χ4v) is 5.10. The number of aliphatic imine (C=N–C) groups is 1. The Labute approximate surface area is 175 Å². The topological polar surface area (TPSA) is 107 Å². The van der Waals surface area contributed by atoms with Crippen LogP contribution in [-0.2, 0) is 22.2 Å². The van der Waals surface area contributed by atoms with Gasteiger partial charge in [-0.25, -0.2) is 8.42 Å². The van der Waals surface area contributed by atoms with Gasteiger partial charge in [-0.15, -0.1) is 0 Å². The van der Waals surface area contributed by atoms with Crippen LogP contribution in [0.1, 0.15) is 11.4 Å². The average molecular weight is 431 g/mol. The van der Waals surface area contributed by atoms with Crippen LogP contribution in [-0.4, -0.2) is 73.5 Å². The number of nitrogens with zero attached hydrogens (tertiary/aromatic N) is 4. The van der Waals surface area contributed by atoms with Crippen molar-refractivity contribution in [1.29, 1.82) is 0 Å². The highest BCUT2D eigenvalue weighted by atomic mass is 32.2. The van der Waals surface area contributed by atoms with Crippen molar-refractivity contribution in [1.82, 2.24) is 24.7 Å². The molecule has 0 saturated carbocycles. The first kappa shape index (κ1) is 20.4. The van der Waals surface area contributed by atoms with Crippen molar-refractivity contribution in [2.45, 2.75) is 12.2 Å². The van der Waals surface area contributed by atoms with E-state index in [1.165, 1.54) is 21.6 Å². The SMILES string of the molecule is CN=C(NCCc1cc2ccccc2[nH]1)N1CCN(S(=O)(=O)Cc2ccon2)CC1. The van der Waals surface area contributed by atoms with Gasteiger partial charge in [0.15, 0.2) is 5.96 Å². The fraction of sp³-hybridized carbons (Fsp3) is 0.400. The van der Waals surface area contributed by atoms with Gasteiger partial charge in [0.05, 0.1) is 5.69 Å². The van der Waals surface area contributed by atoms with E-state index in [0.29, 0.717) is 31.9 Å². The van der Waals surface area contributed by atoms with Gasteiger partial charge >= 0.3 is 0 Å². The first-order valence-corrected chi connectivity index (χ1v) is 11.6. The second-order valence-corrected chi connectivity index (χ2v) is 9.21. The fourth-order valence-electron chi connectivity index (χ4n) is 3.68. The lowest BCUT2D eigenvalue weighted by Gasteiger charge is -2.35. The summed E-state index contributed by atoms with van der Waals surface area (Å²) in [6.45, 7) is 2.75. The number of hydrogen-bond donors (Lipinski definition) is 2. The Kier molecular flexibility index (Phi) is 6.05. The second-order valence-electron chi connectivity index (χ2n) is 7.24. The van der Waals surface area contributed by atoms with Crippen LogP contribution in [0.3, 0.4) is 0 Å². The molecule has 0 atom stereocenters. The van der Waals surface area contributed by atoms with Crippen LogP contribution >= 0.6 is 0 Å². The highest BCUT2D eigenvalue weighted by Gasteiger charge is 2.28. The molecule has 2 N–H and O–H groups in total. The number of guanidine groups is 1. The third-order valence-corrected chi connectivity index (χ3v) is 7.04. The zero-order chi connectivity index (χ0) is 21.0. The summed E-state index contributed by atoms with van der Waals surface area (Å²) >= 11 is 0. The summed E-state index contributed by atoms with van der Waals surface area (Å²) in [7, 11) is -1.66. The lowest BCUT2D eigenvalue weighted by Crippen LogP contribution is -2.54. The molecule has 10 heteroatoms. The van der Waals surface area contributed by atoms with E-state index in [4.69, 9.17) is 4.52 Å². The molecule has 0 bridgehead atoms. The number of para-hydroxylation sites is 1. The van der Waals surface area contributed by atoms with E-state index in [1.54, 1.807) is 13.1 Å². The minimum Gasteiger partial charge on any atom is -0.364 e. The van der Waals surface area contributed by atoms with E-state index in [-0.39, 0.29) is 5.75 Å². The van der Waals surface area contributed by atoms with Gasteiger partial charge in [-0.05, 0) is 17.5 Å². The summed E-state index contributed by atoms with van der Waals surface area (Å²) < 4.78 is 31.4. The molecule has 3 aromatic rings. The van der Waals surface area contributed by atoms with Crippen molar-refractivity contribution in [2.24, 2.45) is 4.99 Å². The van der Waals surface area contributed by atoms with Crippen molar-refractivity contribution in [3.8, 4) is 0 Å². The molecule has 160 valence electrons. The number of aromatic amines is 1. The Hall–Kier alpha value is -2.85. The smallest absolute Gasteiger partial charge is 0.220 e. The molecule has 1 saturated heterocycles. The molecule has 0 unspecified atom stereocenters. The van der Waals surface area contributed by atoms with Gasteiger partial charge in [-0.1, -0.05) is 23.4 Å². The molecule has 1 aromatic carbocycles. The lowest BCUT2D eigenvalue weighted by atomic mass is 10.2. The molecule has 0 spiro atoms. The highest BCUT2D eigenvalue weighted by Crippen LogP contribution is 2.15. The number of benzene rings is 1. The largest absolute Gasteiger partial charge is 0.364 e. The molecule has 9 nitrogen and oxygen atoms in total. The van der Waals surface area contributed by atoms with E-state index in [9.17, 15) is 8.42 Å². The predicted molar refractivity (Wildman–Crippen MR) is 116 cm³/mol. The maximum absolute atomic E-state index is 12.6. The first-order chi connectivity index (χ1) is 14.5. The van der Waals surface area contributed by atoms with Crippen molar-refractivity contribution < 1.29 is 12.9 Å². The van der Waals surface area contributed by atoms with E-state index < -0.39 is 10.0 Å². The van der Waals surface area contributed by atoms with Crippen molar-refractivity contribution in [3.05, 3.63) is 54.0 Å². The van der Waals surface area contributed by atoms with Crippen LogP contribution < -0.4 is 5.32 Å². The minimum absolute atomic E-state index is 0.138. The average Bonchev–Trinajstić information content (AvgIpc) is 3.40.